The van der Waals surface area contributed by atoms with E-state index in [1.165, 1.54) is 51.4 Å². The molecular formula is C25H36O2. The highest BCUT2D eigenvalue weighted by Crippen LogP contribution is 2.79. The third-order valence-corrected chi connectivity index (χ3v) is 10.5. The molecular weight excluding hydrogens is 332 g/mol. The number of rotatable bonds is 2. The number of carbonyl (C=O) groups excluding carboxylic acids is 1. The molecule has 0 N–H and O–H groups in total. The largest absolute Gasteiger partial charge is 0.374 e. The van der Waals surface area contributed by atoms with Gasteiger partial charge in [-0.1, -0.05) is 25.8 Å². The number of ketones is 1. The second kappa shape index (κ2) is 5.71. The molecule has 3 unspecified atom stereocenters. The van der Waals surface area contributed by atoms with E-state index < -0.39 is 0 Å². The number of ether oxygens (including phenoxy) is 1. The van der Waals surface area contributed by atoms with Crippen LogP contribution in [0, 0.1) is 46.8 Å². The fourth-order valence-corrected chi connectivity index (χ4v) is 9.72. The quantitative estimate of drug-likeness (QED) is 0.638. The predicted molar refractivity (Wildman–Crippen MR) is 106 cm³/mol. The average molecular weight is 369 g/mol. The van der Waals surface area contributed by atoms with Gasteiger partial charge in [-0.15, -0.1) is 0 Å². The Labute approximate surface area is 164 Å². The molecule has 0 amide bonds. The lowest BCUT2D eigenvalue weighted by Crippen LogP contribution is -2.57. The predicted octanol–water partition coefficient (Wildman–Crippen LogP) is 5.56. The van der Waals surface area contributed by atoms with Gasteiger partial charge >= 0.3 is 0 Å². The van der Waals surface area contributed by atoms with Crippen molar-refractivity contribution in [1.82, 2.24) is 0 Å². The number of hydrogen-bond acceptors (Lipinski definition) is 2. The summed E-state index contributed by atoms with van der Waals surface area (Å²) in [6, 6.07) is 0. The first-order valence-corrected chi connectivity index (χ1v) is 12.0. The van der Waals surface area contributed by atoms with Crippen LogP contribution in [-0.4, -0.2) is 18.0 Å². The Hall–Kier alpha value is -0.630. The van der Waals surface area contributed by atoms with Gasteiger partial charge in [0.05, 0.1) is 5.60 Å². The first kappa shape index (κ1) is 17.2. The molecule has 1 spiro atoms. The Balaban J connectivity index is 1.43. The number of hydrogen-bond donors (Lipinski definition) is 0. The molecule has 2 nitrogen and oxygen atoms in total. The van der Waals surface area contributed by atoms with E-state index in [-0.39, 0.29) is 5.60 Å². The number of carbonyl (C=O) groups is 1. The Morgan fingerprint density at radius 2 is 2.07 bits per heavy atom. The van der Waals surface area contributed by atoms with Gasteiger partial charge in [-0.2, -0.15) is 0 Å². The van der Waals surface area contributed by atoms with Gasteiger partial charge in [-0.3, -0.25) is 4.79 Å². The lowest BCUT2D eigenvalue weighted by molar-refractivity contribution is -0.166. The minimum Gasteiger partial charge on any atom is -0.374 e. The maximum Gasteiger partial charge on any atom is 0.155 e. The molecule has 4 saturated carbocycles. The molecule has 9 atom stereocenters. The summed E-state index contributed by atoms with van der Waals surface area (Å²) in [7, 11) is 0. The summed E-state index contributed by atoms with van der Waals surface area (Å²) in [6.45, 7) is 5.91. The van der Waals surface area contributed by atoms with E-state index in [1.807, 2.05) is 0 Å². The normalized spacial score (nSPS) is 55.6. The van der Waals surface area contributed by atoms with Crippen molar-refractivity contribution >= 4 is 5.78 Å². The molecule has 1 heterocycles. The van der Waals surface area contributed by atoms with Crippen molar-refractivity contribution in [3.8, 4) is 0 Å². The van der Waals surface area contributed by atoms with Crippen molar-refractivity contribution in [1.29, 1.82) is 0 Å². The molecule has 5 fully saturated rings. The fraction of sp³-hybridized carbons (Fsp3) is 0.880. The smallest absolute Gasteiger partial charge is 0.155 e. The summed E-state index contributed by atoms with van der Waals surface area (Å²) in [5.41, 5.74) is 2.26. The third kappa shape index (κ3) is 1.99. The summed E-state index contributed by atoms with van der Waals surface area (Å²) in [4.78, 5) is 12.1. The van der Waals surface area contributed by atoms with Crippen LogP contribution >= 0.6 is 0 Å². The van der Waals surface area contributed by atoms with Crippen molar-refractivity contribution in [3.63, 3.8) is 0 Å². The summed E-state index contributed by atoms with van der Waals surface area (Å²) in [5, 5.41) is 0. The Kier molecular flexibility index (Phi) is 3.65. The van der Waals surface area contributed by atoms with Crippen molar-refractivity contribution in [2.75, 3.05) is 6.61 Å². The Morgan fingerprint density at radius 1 is 1.19 bits per heavy atom. The maximum absolute atomic E-state index is 12.1. The van der Waals surface area contributed by atoms with Gasteiger partial charge in [-0.25, -0.2) is 0 Å². The molecule has 1 saturated heterocycles. The summed E-state index contributed by atoms with van der Waals surface area (Å²) in [5.74, 6) is 6.43. The molecule has 27 heavy (non-hydrogen) atoms. The van der Waals surface area contributed by atoms with Crippen LogP contribution in [0.25, 0.3) is 0 Å². The topological polar surface area (TPSA) is 26.3 Å². The van der Waals surface area contributed by atoms with Gasteiger partial charge in [0.15, 0.2) is 5.78 Å². The van der Waals surface area contributed by atoms with Crippen molar-refractivity contribution < 1.29 is 9.53 Å². The zero-order valence-electron chi connectivity index (χ0n) is 17.2. The molecule has 148 valence electrons. The van der Waals surface area contributed by atoms with Gasteiger partial charge in [0.25, 0.3) is 0 Å². The van der Waals surface area contributed by atoms with Crippen LogP contribution in [-0.2, 0) is 9.53 Å². The average Bonchev–Trinajstić information content (AvgIpc) is 3.26. The van der Waals surface area contributed by atoms with E-state index >= 15 is 0 Å². The second-order valence-corrected chi connectivity index (χ2v) is 10.9. The van der Waals surface area contributed by atoms with Gasteiger partial charge in [-0.05, 0) is 98.9 Å². The van der Waals surface area contributed by atoms with E-state index in [4.69, 9.17) is 4.74 Å². The molecule has 0 radical (unpaired) electrons. The highest BCUT2D eigenvalue weighted by atomic mass is 16.5. The van der Waals surface area contributed by atoms with E-state index in [0.29, 0.717) is 11.2 Å². The van der Waals surface area contributed by atoms with Crippen LogP contribution in [0.3, 0.4) is 0 Å². The summed E-state index contributed by atoms with van der Waals surface area (Å²) in [6.07, 6.45) is 14.7. The lowest BCUT2D eigenvalue weighted by atomic mass is 9.45. The van der Waals surface area contributed by atoms with E-state index in [0.717, 1.165) is 60.9 Å². The maximum atomic E-state index is 12.1. The molecule has 0 aromatic rings. The Morgan fingerprint density at radius 3 is 2.81 bits per heavy atom. The van der Waals surface area contributed by atoms with Gasteiger partial charge in [0.2, 0.25) is 0 Å². The number of fused-ring (bicyclic) bond motifs is 9. The molecule has 6 rings (SSSR count). The third-order valence-electron chi connectivity index (χ3n) is 10.5. The Bertz CT molecular complexity index is 686. The molecule has 0 bridgehead atoms. The molecule has 2 heteroatoms. The standard InChI is InChI=1S/C25H36O2/c1-3-15-12-16-13-17(26)6-7-18(16)19-8-10-24(4-2)23(22(15)19)20-14-21(20)25(24)9-5-11-27-25/h13,15,18-23H,3-12,14H2,1-2H3/t15-,18+,19?,20-,21+,22?,23?,24+,25+/m1/s1. The molecule has 5 aliphatic carbocycles. The van der Waals surface area contributed by atoms with Crippen LogP contribution in [0.1, 0.15) is 78.1 Å². The first-order chi connectivity index (χ1) is 13.1. The zero-order chi connectivity index (χ0) is 18.4. The molecule has 0 aromatic carbocycles. The van der Waals surface area contributed by atoms with E-state index in [9.17, 15) is 4.79 Å². The fourth-order valence-electron chi connectivity index (χ4n) is 9.72. The van der Waals surface area contributed by atoms with Gasteiger partial charge in [0, 0.05) is 18.4 Å². The summed E-state index contributed by atoms with van der Waals surface area (Å²) >= 11 is 0. The lowest BCUT2D eigenvalue weighted by Gasteiger charge is -2.60. The second-order valence-electron chi connectivity index (χ2n) is 10.9. The molecule has 6 aliphatic rings. The van der Waals surface area contributed by atoms with Crippen molar-refractivity contribution in [2.45, 2.75) is 83.7 Å². The first-order valence-electron chi connectivity index (χ1n) is 12.0. The highest BCUT2D eigenvalue weighted by Gasteiger charge is 2.78. The molecule has 0 aromatic heterocycles. The minimum atomic E-state index is 0.249. The highest BCUT2D eigenvalue weighted by molar-refractivity contribution is 5.91. The molecule has 1 aliphatic heterocycles. The van der Waals surface area contributed by atoms with Gasteiger partial charge in [0.1, 0.15) is 0 Å². The van der Waals surface area contributed by atoms with Crippen LogP contribution in [0.15, 0.2) is 11.6 Å². The van der Waals surface area contributed by atoms with Gasteiger partial charge < -0.3 is 4.74 Å². The zero-order valence-corrected chi connectivity index (χ0v) is 17.2. The van der Waals surface area contributed by atoms with Crippen LogP contribution in [0.5, 0.6) is 0 Å². The van der Waals surface area contributed by atoms with Crippen molar-refractivity contribution in [3.05, 3.63) is 11.6 Å². The number of allylic oxidation sites excluding steroid dienone is 1. The SMILES string of the molecule is CC[C@@H]1CC2=CC(=O)CC[C@@H]2C2CC[C@@]3(CC)C(C21)[C@@H]1C[C@@H]1[C@@]31CCCO1. The van der Waals surface area contributed by atoms with Crippen LogP contribution < -0.4 is 0 Å². The van der Waals surface area contributed by atoms with E-state index in [2.05, 4.69) is 19.9 Å². The minimum absolute atomic E-state index is 0.249. The van der Waals surface area contributed by atoms with E-state index in [1.54, 1.807) is 5.57 Å². The van der Waals surface area contributed by atoms with Crippen molar-refractivity contribution in [2.24, 2.45) is 46.8 Å². The van der Waals surface area contributed by atoms with Crippen LogP contribution in [0.4, 0.5) is 0 Å². The van der Waals surface area contributed by atoms with Crippen LogP contribution in [0.2, 0.25) is 0 Å². The summed E-state index contributed by atoms with van der Waals surface area (Å²) < 4.78 is 6.73. The monoisotopic (exact) mass is 368 g/mol.